The zero-order valence-electron chi connectivity index (χ0n) is 11.2. The highest BCUT2D eigenvalue weighted by molar-refractivity contribution is 5.72. The average Bonchev–Trinajstić information content (AvgIpc) is 2.50. The van der Waals surface area contributed by atoms with E-state index in [0.717, 1.165) is 6.42 Å². The van der Waals surface area contributed by atoms with Crippen molar-refractivity contribution in [3.63, 3.8) is 0 Å². The van der Waals surface area contributed by atoms with Gasteiger partial charge in [0.25, 0.3) is 0 Å². The molecular weight excluding hydrogens is 234 g/mol. The Morgan fingerprint density at radius 1 is 1.33 bits per heavy atom. The Morgan fingerprint density at radius 3 is 2.28 bits per heavy atom. The van der Waals surface area contributed by atoms with Crippen LogP contribution >= 0.6 is 0 Å². The number of esters is 1. The summed E-state index contributed by atoms with van der Waals surface area (Å²) in [5.74, 6) is -0.257. The lowest BCUT2D eigenvalue weighted by atomic mass is 9.99. The minimum atomic E-state index is -0.729. The van der Waals surface area contributed by atoms with E-state index in [1.165, 1.54) is 0 Å². The van der Waals surface area contributed by atoms with Crippen LogP contribution in [-0.4, -0.2) is 58.5 Å². The lowest BCUT2D eigenvalue weighted by Crippen LogP contribution is -2.46. The Balaban J connectivity index is 1.97. The molecule has 0 spiro atoms. The molecule has 0 aliphatic carbocycles. The van der Waals surface area contributed by atoms with Crippen LogP contribution in [0, 0.1) is 5.92 Å². The van der Waals surface area contributed by atoms with Crippen molar-refractivity contribution in [1.82, 2.24) is 4.90 Å². The Hall–Kier alpha value is -0.650. The second-order valence-electron chi connectivity index (χ2n) is 5.62. The van der Waals surface area contributed by atoms with Gasteiger partial charge in [0, 0.05) is 24.9 Å². The molecule has 2 bridgehead atoms. The van der Waals surface area contributed by atoms with Crippen LogP contribution in [0.25, 0.3) is 0 Å². The number of aliphatic hydroxyl groups is 2. The molecule has 2 saturated heterocycles. The Morgan fingerprint density at radius 2 is 1.83 bits per heavy atom. The second-order valence-corrected chi connectivity index (χ2v) is 5.62. The molecule has 5 nitrogen and oxygen atoms in total. The molecule has 6 atom stereocenters. The van der Waals surface area contributed by atoms with Gasteiger partial charge in [-0.2, -0.15) is 0 Å². The molecule has 18 heavy (non-hydrogen) atoms. The lowest BCUT2D eigenvalue weighted by molar-refractivity contribution is -0.157. The van der Waals surface area contributed by atoms with E-state index in [-0.39, 0.29) is 30.1 Å². The minimum absolute atomic E-state index is 0.0860. The predicted molar refractivity (Wildman–Crippen MR) is 65.9 cm³/mol. The van der Waals surface area contributed by atoms with E-state index in [1.807, 2.05) is 25.8 Å². The zero-order chi connectivity index (χ0) is 13.4. The normalized spacial score (nSPS) is 41.7. The molecule has 0 saturated carbocycles. The lowest BCUT2D eigenvalue weighted by Gasteiger charge is -2.36. The number of nitrogens with zero attached hydrogens (tertiary/aromatic N) is 1. The quantitative estimate of drug-likeness (QED) is 0.704. The molecular formula is C13H23NO4. The van der Waals surface area contributed by atoms with Gasteiger partial charge in [0.1, 0.15) is 6.10 Å². The molecule has 2 rings (SSSR count). The number of aliphatic hydroxyl groups excluding tert-OH is 2. The van der Waals surface area contributed by atoms with Crippen molar-refractivity contribution in [3.05, 3.63) is 0 Å². The molecule has 104 valence electrons. The van der Waals surface area contributed by atoms with Gasteiger partial charge in [-0.05, 0) is 13.5 Å². The number of ether oxygens (including phenoxy) is 1. The molecule has 0 radical (unpaired) electrons. The number of fused-ring (bicyclic) bond motifs is 2. The number of rotatable bonds is 3. The molecule has 2 fully saturated rings. The minimum Gasteiger partial charge on any atom is -0.462 e. The van der Waals surface area contributed by atoms with Gasteiger partial charge in [-0.3, -0.25) is 9.69 Å². The summed E-state index contributed by atoms with van der Waals surface area (Å²) in [5.41, 5.74) is 0. The first-order valence-corrected chi connectivity index (χ1v) is 6.74. The Kier molecular flexibility index (Phi) is 3.94. The summed E-state index contributed by atoms with van der Waals surface area (Å²) < 4.78 is 5.48. The summed E-state index contributed by atoms with van der Waals surface area (Å²) in [5, 5.41) is 19.8. The first-order valence-electron chi connectivity index (χ1n) is 6.74. The highest BCUT2D eigenvalue weighted by Gasteiger charge is 2.51. The summed E-state index contributed by atoms with van der Waals surface area (Å²) in [6.07, 6.45) is 0.341. The van der Waals surface area contributed by atoms with Crippen molar-refractivity contribution < 1.29 is 19.7 Å². The van der Waals surface area contributed by atoms with Gasteiger partial charge in [0.05, 0.1) is 18.1 Å². The predicted octanol–water partition coefficient (Wildman–Crippen LogP) is 0.143. The summed E-state index contributed by atoms with van der Waals surface area (Å²) in [4.78, 5) is 13.8. The molecule has 4 unspecified atom stereocenters. The van der Waals surface area contributed by atoms with Crippen molar-refractivity contribution >= 4 is 5.97 Å². The SMILES string of the molecule is CCC(C)C(=O)OC1C[C@@H]2C(O)C(O)[C@H](C1)N2C. The highest BCUT2D eigenvalue weighted by atomic mass is 16.5. The molecule has 0 aromatic carbocycles. The summed E-state index contributed by atoms with van der Waals surface area (Å²) in [6, 6.07) is -0.207. The monoisotopic (exact) mass is 257 g/mol. The van der Waals surface area contributed by atoms with E-state index in [4.69, 9.17) is 4.74 Å². The van der Waals surface area contributed by atoms with Crippen LogP contribution in [0.1, 0.15) is 33.1 Å². The maximum absolute atomic E-state index is 11.8. The standard InChI is InChI=1S/C13H23NO4/c1-4-7(2)13(17)18-8-5-9-11(15)12(16)10(6-8)14(9)3/h7-12,15-16H,4-6H2,1-3H3/t7?,8?,9-,10+,11?,12?. The molecule has 5 heteroatoms. The Bertz CT molecular complexity index is 296. The number of piperidine rings is 1. The van der Waals surface area contributed by atoms with Crippen molar-refractivity contribution in [2.75, 3.05) is 7.05 Å². The van der Waals surface area contributed by atoms with Crippen LogP contribution in [0.4, 0.5) is 0 Å². The molecule has 0 aromatic rings. The molecule has 2 N–H and O–H groups in total. The fourth-order valence-corrected chi connectivity index (χ4v) is 2.97. The van der Waals surface area contributed by atoms with E-state index in [1.54, 1.807) is 0 Å². The fraction of sp³-hybridized carbons (Fsp3) is 0.923. The van der Waals surface area contributed by atoms with Gasteiger partial charge in [0.15, 0.2) is 0 Å². The van der Waals surface area contributed by atoms with Crippen LogP contribution in [0.2, 0.25) is 0 Å². The van der Waals surface area contributed by atoms with Crippen LogP contribution in [0.15, 0.2) is 0 Å². The van der Waals surface area contributed by atoms with Crippen molar-refractivity contribution in [3.8, 4) is 0 Å². The molecule has 2 aliphatic rings. The van der Waals surface area contributed by atoms with Crippen molar-refractivity contribution in [2.45, 2.75) is 63.5 Å². The first-order chi connectivity index (χ1) is 8.45. The molecule has 0 aromatic heterocycles. The third kappa shape index (κ3) is 2.27. The van der Waals surface area contributed by atoms with E-state index >= 15 is 0 Å². The third-order valence-corrected chi connectivity index (χ3v) is 4.49. The molecule has 2 heterocycles. The van der Waals surface area contributed by atoms with E-state index < -0.39 is 12.2 Å². The van der Waals surface area contributed by atoms with E-state index in [9.17, 15) is 15.0 Å². The van der Waals surface area contributed by atoms with Crippen LogP contribution in [0.5, 0.6) is 0 Å². The van der Waals surface area contributed by atoms with Crippen LogP contribution in [0.3, 0.4) is 0 Å². The van der Waals surface area contributed by atoms with Gasteiger partial charge in [-0.1, -0.05) is 13.8 Å². The highest BCUT2D eigenvalue weighted by Crippen LogP contribution is 2.36. The summed E-state index contributed by atoms with van der Waals surface area (Å²) in [6.45, 7) is 3.81. The summed E-state index contributed by atoms with van der Waals surface area (Å²) >= 11 is 0. The first kappa shape index (κ1) is 13.8. The number of likely N-dealkylation sites (N-methyl/N-ethyl adjacent to an activating group) is 1. The van der Waals surface area contributed by atoms with Gasteiger partial charge in [0.2, 0.25) is 0 Å². The molecule has 0 amide bonds. The largest absolute Gasteiger partial charge is 0.462 e. The fourth-order valence-electron chi connectivity index (χ4n) is 2.97. The molecule has 2 aliphatic heterocycles. The van der Waals surface area contributed by atoms with Crippen LogP contribution < -0.4 is 0 Å². The van der Waals surface area contributed by atoms with Crippen LogP contribution in [-0.2, 0) is 9.53 Å². The number of hydrogen-bond acceptors (Lipinski definition) is 5. The van der Waals surface area contributed by atoms with Crippen molar-refractivity contribution in [2.24, 2.45) is 5.92 Å². The maximum atomic E-state index is 11.8. The number of carbonyl (C=O) groups is 1. The van der Waals surface area contributed by atoms with E-state index in [0.29, 0.717) is 12.8 Å². The van der Waals surface area contributed by atoms with Gasteiger partial charge in [-0.15, -0.1) is 0 Å². The zero-order valence-corrected chi connectivity index (χ0v) is 11.2. The topological polar surface area (TPSA) is 70.0 Å². The van der Waals surface area contributed by atoms with E-state index in [2.05, 4.69) is 0 Å². The summed E-state index contributed by atoms with van der Waals surface area (Å²) in [7, 11) is 1.90. The van der Waals surface area contributed by atoms with Gasteiger partial charge in [-0.25, -0.2) is 0 Å². The Labute approximate surface area is 108 Å². The third-order valence-electron chi connectivity index (χ3n) is 4.49. The van der Waals surface area contributed by atoms with Gasteiger partial charge >= 0.3 is 5.97 Å². The maximum Gasteiger partial charge on any atom is 0.308 e. The second kappa shape index (κ2) is 5.15. The van der Waals surface area contributed by atoms with Crippen molar-refractivity contribution in [1.29, 1.82) is 0 Å². The smallest absolute Gasteiger partial charge is 0.308 e. The average molecular weight is 257 g/mol. The number of carbonyl (C=O) groups excluding carboxylic acids is 1. The number of hydrogen-bond donors (Lipinski definition) is 2. The van der Waals surface area contributed by atoms with Gasteiger partial charge < -0.3 is 14.9 Å².